The Hall–Kier alpha value is -0.576. The molecule has 1 radical (unpaired) electrons. The van der Waals surface area contributed by atoms with Crippen molar-refractivity contribution in [2.45, 2.75) is 13.8 Å². The van der Waals surface area contributed by atoms with Crippen LogP contribution in [0.25, 0.3) is 0 Å². The van der Waals surface area contributed by atoms with Crippen molar-refractivity contribution < 1.29 is 32.7 Å². The summed E-state index contributed by atoms with van der Waals surface area (Å²) in [4.78, 5) is 3.82. The molecular formula is C12H15ClN4Y-2. The number of allylic oxidation sites excluding steroid dienone is 3. The minimum absolute atomic E-state index is 0. The zero-order valence-electron chi connectivity index (χ0n) is 10.7. The fourth-order valence-electron chi connectivity index (χ4n) is 1.10. The third-order valence-corrected chi connectivity index (χ3v) is 1.91. The summed E-state index contributed by atoms with van der Waals surface area (Å²) in [6, 6.07) is 0. The van der Waals surface area contributed by atoms with Crippen LogP contribution in [0, 0.1) is 18.9 Å². The Morgan fingerprint density at radius 1 is 1.39 bits per heavy atom. The van der Waals surface area contributed by atoms with Crippen LogP contribution >= 0.6 is 11.6 Å². The van der Waals surface area contributed by atoms with Crippen LogP contribution in [-0.2, 0) is 32.7 Å². The van der Waals surface area contributed by atoms with Crippen LogP contribution in [0.5, 0.6) is 0 Å². The van der Waals surface area contributed by atoms with E-state index in [1.807, 2.05) is 13.8 Å². The van der Waals surface area contributed by atoms with Crippen molar-refractivity contribution in [2.24, 2.45) is 10.1 Å². The Balaban J connectivity index is 0. The van der Waals surface area contributed by atoms with Crippen molar-refractivity contribution in [3.63, 3.8) is 0 Å². The summed E-state index contributed by atoms with van der Waals surface area (Å²) in [5.41, 5.74) is 4.00. The van der Waals surface area contributed by atoms with Crippen molar-refractivity contribution in [3.05, 3.63) is 42.0 Å². The van der Waals surface area contributed by atoms with E-state index in [0.717, 1.165) is 5.57 Å². The molecule has 6 heteroatoms. The molecule has 0 spiro atoms. The van der Waals surface area contributed by atoms with Gasteiger partial charge in [0.05, 0.1) is 5.84 Å². The van der Waals surface area contributed by atoms with Crippen LogP contribution in [0.1, 0.15) is 13.8 Å². The molecule has 2 N–H and O–H groups in total. The van der Waals surface area contributed by atoms with Crippen LogP contribution in [0.2, 0.25) is 0 Å². The molecule has 2 heterocycles. The molecule has 4 nitrogen and oxygen atoms in total. The maximum atomic E-state index is 7.57. The van der Waals surface area contributed by atoms with Crippen LogP contribution in [0.4, 0.5) is 0 Å². The van der Waals surface area contributed by atoms with E-state index in [4.69, 9.17) is 17.0 Å². The summed E-state index contributed by atoms with van der Waals surface area (Å²) in [6.07, 6.45) is 9.23. The molecule has 0 atom stereocenters. The van der Waals surface area contributed by atoms with Crippen LogP contribution < -0.4 is 5.43 Å². The van der Waals surface area contributed by atoms with Crippen LogP contribution in [0.3, 0.4) is 0 Å². The summed E-state index contributed by atoms with van der Waals surface area (Å²) >= 11 is 5.74. The number of nitrogens with zero attached hydrogens (tertiary/aromatic N) is 2. The summed E-state index contributed by atoms with van der Waals surface area (Å²) < 4.78 is 0. The molecule has 0 aromatic heterocycles. The standard InChI is InChI=1S/C9H6ClN4.C2H6.CH3.Y/c10-8-4-6(5-13-14-8)7-2-1-3-12-9(7)11;1-2;;/h2-5,11,14H;1-2H3;1H3;/q-1;;-1;/b7-6+,11-9?;;;. The van der Waals surface area contributed by atoms with Gasteiger partial charge in [0.2, 0.25) is 0 Å². The monoisotopic (exact) mass is 339 g/mol. The molecule has 0 aliphatic carbocycles. The molecule has 0 aromatic carbocycles. The first kappa shape index (κ1) is 19.8. The van der Waals surface area contributed by atoms with Gasteiger partial charge in [0.25, 0.3) is 0 Å². The SMILES string of the molecule is CC.N=C1N=C[C-]=C/C1=C1\C=NNC(Cl)=C1.[CH3-].[Y]. The maximum Gasteiger partial charge on any atom is 0.121 e. The van der Waals surface area contributed by atoms with Gasteiger partial charge < -0.3 is 12.8 Å². The number of aliphatic imine (C=N–C) groups is 1. The summed E-state index contributed by atoms with van der Waals surface area (Å²) in [5, 5.41) is 11.8. The third kappa shape index (κ3) is 5.38. The van der Waals surface area contributed by atoms with Gasteiger partial charge in [-0.15, -0.1) is 5.57 Å². The van der Waals surface area contributed by atoms with Gasteiger partial charge in [-0.3, -0.25) is 10.4 Å². The second kappa shape index (κ2) is 10.4. The fourth-order valence-corrected chi connectivity index (χ4v) is 1.26. The molecular weight excluding hydrogens is 325 g/mol. The summed E-state index contributed by atoms with van der Waals surface area (Å²) in [6.45, 7) is 4.00. The van der Waals surface area contributed by atoms with Gasteiger partial charge in [-0.25, -0.2) is 12.2 Å². The van der Waals surface area contributed by atoms with Gasteiger partial charge in [0.15, 0.2) is 0 Å². The predicted octanol–water partition coefficient (Wildman–Crippen LogP) is 2.85. The Bertz CT molecular complexity index is 433. The number of dihydropyridines is 1. The van der Waals surface area contributed by atoms with Crippen molar-refractivity contribution in [2.75, 3.05) is 0 Å². The van der Waals surface area contributed by atoms with E-state index in [1.165, 1.54) is 6.21 Å². The minimum Gasteiger partial charge on any atom is -0.358 e. The number of hydrogen-bond donors (Lipinski definition) is 2. The molecule has 18 heavy (non-hydrogen) atoms. The van der Waals surface area contributed by atoms with Gasteiger partial charge in [-0.05, 0) is 6.08 Å². The molecule has 0 fully saturated rings. The Morgan fingerprint density at radius 2 is 2.06 bits per heavy atom. The Labute approximate surface area is 138 Å². The zero-order valence-corrected chi connectivity index (χ0v) is 14.3. The van der Waals surface area contributed by atoms with Crippen LogP contribution in [-0.4, -0.2) is 18.3 Å². The van der Waals surface area contributed by atoms with Gasteiger partial charge >= 0.3 is 0 Å². The van der Waals surface area contributed by atoms with Gasteiger partial charge in [0.1, 0.15) is 5.16 Å². The van der Waals surface area contributed by atoms with Crippen molar-refractivity contribution in [1.82, 2.24) is 5.43 Å². The number of nitrogens with one attached hydrogen (secondary N) is 2. The van der Waals surface area contributed by atoms with Gasteiger partial charge in [-0.2, -0.15) is 5.10 Å². The maximum absolute atomic E-state index is 7.57. The van der Waals surface area contributed by atoms with E-state index >= 15 is 0 Å². The number of rotatable bonds is 0. The van der Waals surface area contributed by atoms with E-state index in [2.05, 4.69) is 21.6 Å². The van der Waals surface area contributed by atoms with E-state index < -0.39 is 0 Å². The zero-order chi connectivity index (χ0) is 12.0. The molecule has 2 rings (SSSR count). The Morgan fingerprint density at radius 3 is 2.61 bits per heavy atom. The molecule has 2 aliphatic heterocycles. The summed E-state index contributed by atoms with van der Waals surface area (Å²) in [7, 11) is 0. The number of hydrogen-bond acceptors (Lipinski definition) is 3. The van der Waals surface area contributed by atoms with E-state index in [1.54, 1.807) is 18.4 Å². The van der Waals surface area contributed by atoms with Crippen molar-refractivity contribution in [1.29, 1.82) is 5.41 Å². The topological polar surface area (TPSA) is 60.6 Å². The number of halogens is 1. The minimum atomic E-state index is 0. The first-order chi connectivity index (χ1) is 7.77. The second-order valence-corrected chi connectivity index (χ2v) is 3.06. The quantitative estimate of drug-likeness (QED) is 0.517. The fraction of sp³-hybridized carbons (Fsp3) is 0.167. The molecule has 95 valence electrons. The Kier molecular flexibility index (Phi) is 11.4. The molecule has 2 aliphatic rings. The number of amidine groups is 1. The van der Waals surface area contributed by atoms with Crippen molar-refractivity contribution in [3.8, 4) is 0 Å². The van der Waals surface area contributed by atoms with Crippen LogP contribution in [0.15, 0.2) is 38.5 Å². The normalized spacial score (nSPS) is 19.7. The molecule has 0 amide bonds. The molecule has 0 unspecified atom stereocenters. The van der Waals surface area contributed by atoms with Gasteiger partial charge in [-0.1, -0.05) is 37.2 Å². The predicted molar refractivity (Wildman–Crippen MR) is 74.4 cm³/mol. The van der Waals surface area contributed by atoms with E-state index in [9.17, 15) is 0 Å². The molecule has 0 saturated carbocycles. The molecule has 0 saturated heterocycles. The first-order valence-electron chi connectivity index (χ1n) is 4.88. The summed E-state index contributed by atoms with van der Waals surface area (Å²) in [5.74, 6) is 0.188. The average molecular weight is 340 g/mol. The second-order valence-electron chi connectivity index (χ2n) is 2.65. The smallest absolute Gasteiger partial charge is 0.121 e. The average Bonchev–Trinajstić information content (AvgIpc) is 2.32. The van der Waals surface area contributed by atoms with Crippen molar-refractivity contribution >= 4 is 29.9 Å². The third-order valence-electron chi connectivity index (χ3n) is 1.72. The largest absolute Gasteiger partial charge is 0.358 e. The van der Waals surface area contributed by atoms with Gasteiger partial charge in [0, 0.05) is 38.9 Å². The molecule has 0 bridgehead atoms. The molecule has 0 aromatic rings. The first-order valence-corrected chi connectivity index (χ1v) is 5.26. The van der Waals surface area contributed by atoms with E-state index in [0.29, 0.717) is 10.7 Å². The van der Waals surface area contributed by atoms with E-state index in [-0.39, 0.29) is 46.0 Å². The number of hydrazone groups is 1.